The Labute approximate surface area is 254 Å². The molecule has 0 spiro atoms. The van der Waals surface area contributed by atoms with Gasteiger partial charge in [-0.25, -0.2) is 0 Å². The van der Waals surface area contributed by atoms with Crippen molar-refractivity contribution in [2.24, 2.45) is 11.8 Å². The summed E-state index contributed by atoms with van der Waals surface area (Å²) < 4.78 is 53.0. The number of halogens is 3. The molecule has 0 radical (unpaired) electrons. The van der Waals surface area contributed by atoms with Crippen LogP contribution in [0.5, 0.6) is 11.5 Å². The standard InChI is InChI=1S/C29H41F3N4O8/c1-15(2)12-20(26(39)34-19(13-18-10-11-33-25(18)38)21(37)14-42-29(30,31)32)35-27(40)28(41)36-24-22(43-16(3)4)8-7-9-23(24)44-17(5)6/h7-9,15-20H,10-14H2,1-6H3,(H,33,38)(H,34,39)(H,35,40)(H,36,41)/t18-,19-,20-/m0/s1. The third-order valence-electron chi connectivity index (χ3n) is 6.25. The van der Waals surface area contributed by atoms with Crippen LogP contribution in [0.3, 0.4) is 0 Å². The lowest BCUT2D eigenvalue weighted by atomic mass is 9.95. The lowest BCUT2D eigenvalue weighted by molar-refractivity contribution is -0.321. The van der Waals surface area contributed by atoms with Crippen LogP contribution in [0.15, 0.2) is 18.2 Å². The molecule has 4 N–H and O–H groups in total. The van der Waals surface area contributed by atoms with Gasteiger partial charge in [0.05, 0.1) is 18.2 Å². The molecule has 1 aliphatic rings. The van der Waals surface area contributed by atoms with Crippen LogP contribution in [0.4, 0.5) is 18.9 Å². The van der Waals surface area contributed by atoms with Crippen molar-refractivity contribution >= 4 is 35.1 Å². The van der Waals surface area contributed by atoms with Crippen molar-refractivity contribution in [1.82, 2.24) is 16.0 Å². The van der Waals surface area contributed by atoms with Gasteiger partial charge in [-0.05, 0) is 65.0 Å². The Morgan fingerprint density at radius 3 is 2.00 bits per heavy atom. The van der Waals surface area contributed by atoms with Gasteiger partial charge in [0.15, 0.2) is 5.78 Å². The summed E-state index contributed by atoms with van der Waals surface area (Å²) in [4.78, 5) is 64.1. The Balaban J connectivity index is 2.24. The Morgan fingerprint density at radius 1 is 0.932 bits per heavy atom. The zero-order valence-electron chi connectivity index (χ0n) is 25.6. The van der Waals surface area contributed by atoms with Gasteiger partial charge in [0, 0.05) is 12.5 Å². The van der Waals surface area contributed by atoms with Crippen LogP contribution in [-0.4, -0.2) is 73.2 Å². The SMILES string of the molecule is CC(C)C[C@H](NC(=O)C(=O)Nc1c(OC(C)C)cccc1OC(C)C)C(=O)N[C@@H](C[C@@H]1CCNC1=O)C(=O)COC(F)(F)F. The molecule has 1 heterocycles. The number of Topliss-reactive ketones (excluding diaryl/α,β-unsaturated/α-hetero) is 1. The van der Waals surface area contributed by atoms with Crippen molar-refractivity contribution in [1.29, 1.82) is 0 Å². The second-order valence-corrected chi connectivity index (χ2v) is 11.3. The Bertz CT molecular complexity index is 1160. The van der Waals surface area contributed by atoms with E-state index in [0.717, 1.165) is 0 Å². The molecule has 0 aromatic heterocycles. The zero-order valence-corrected chi connectivity index (χ0v) is 25.6. The van der Waals surface area contributed by atoms with E-state index in [-0.39, 0.29) is 48.2 Å². The fourth-order valence-corrected chi connectivity index (χ4v) is 4.39. The van der Waals surface area contributed by atoms with Gasteiger partial charge in [-0.3, -0.25) is 28.7 Å². The normalized spacial score (nSPS) is 16.4. The average molecular weight is 631 g/mol. The number of amides is 4. The molecule has 1 aliphatic heterocycles. The number of carbonyl (C=O) groups is 5. The largest absolute Gasteiger partial charge is 0.522 e. The maximum atomic E-state index is 13.3. The molecule has 0 aliphatic carbocycles. The maximum absolute atomic E-state index is 13.3. The van der Waals surface area contributed by atoms with E-state index < -0.39 is 60.4 Å². The van der Waals surface area contributed by atoms with E-state index in [0.29, 0.717) is 13.0 Å². The minimum atomic E-state index is -5.09. The number of anilines is 1. The van der Waals surface area contributed by atoms with E-state index in [1.54, 1.807) is 59.7 Å². The third kappa shape index (κ3) is 12.0. The first-order valence-corrected chi connectivity index (χ1v) is 14.4. The van der Waals surface area contributed by atoms with Crippen molar-refractivity contribution in [2.45, 2.75) is 91.5 Å². The van der Waals surface area contributed by atoms with E-state index in [4.69, 9.17) is 9.47 Å². The van der Waals surface area contributed by atoms with Gasteiger partial charge >= 0.3 is 18.2 Å². The smallest absolute Gasteiger partial charge is 0.489 e. The molecular formula is C29H41F3N4O8. The van der Waals surface area contributed by atoms with Crippen LogP contribution < -0.4 is 30.7 Å². The number of para-hydroxylation sites is 1. The Hall–Kier alpha value is -3.88. The molecule has 246 valence electrons. The summed E-state index contributed by atoms with van der Waals surface area (Å²) in [7, 11) is 0. The highest BCUT2D eigenvalue weighted by atomic mass is 19.4. The summed E-state index contributed by atoms with van der Waals surface area (Å²) in [5.74, 6) is -5.20. The van der Waals surface area contributed by atoms with Crippen LogP contribution in [0.2, 0.25) is 0 Å². The van der Waals surface area contributed by atoms with Gasteiger partial charge in [0.2, 0.25) is 11.8 Å². The minimum Gasteiger partial charge on any atom is -0.489 e. The highest BCUT2D eigenvalue weighted by Crippen LogP contribution is 2.36. The fourth-order valence-electron chi connectivity index (χ4n) is 4.39. The monoisotopic (exact) mass is 630 g/mol. The maximum Gasteiger partial charge on any atom is 0.522 e. The lowest BCUT2D eigenvalue weighted by Gasteiger charge is -2.25. The number of benzene rings is 1. The van der Waals surface area contributed by atoms with Crippen LogP contribution in [-0.2, 0) is 28.7 Å². The predicted octanol–water partition coefficient (Wildman–Crippen LogP) is 2.85. The number of nitrogens with one attached hydrogen (secondary N) is 4. The molecular weight excluding hydrogens is 589 g/mol. The van der Waals surface area contributed by atoms with Crippen molar-refractivity contribution in [3.63, 3.8) is 0 Å². The van der Waals surface area contributed by atoms with Crippen LogP contribution >= 0.6 is 0 Å². The molecule has 44 heavy (non-hydrogen) atoms. The number of carbonyl (C=O) groups excluding carboxylic acids is 5. The topological polar surface area (TPSA) is 161 Å². The van der Waals surface area contributed by atoms with Crippen LogP contribution in [0, 0.1) is 11.8 Å². The number of hydrogen-bond donors (Lipinski definition) is 4. The van der Waals surface area contributed by atoms with Gasteiger partial charge in [-0.1, -0.05) is 19.9 Å². The van der Waals surface area contributed by atoms with Crippen molar-refractivity contribution in [2.75, 3.05) is 18.5 Å². The molecule has 3 atom stereocenters. The number of ketones is 1. The molecule has 0 saturated carbocycles. The van der Waals surface area contributed by atoms with Gasteiger partial charge in [-0.15, -0.1) is 13.2 Å². The molecule has 4 amide bonds. The molecule has 2 rings (SSSR count). The average Bonchev–Trinajstić information content (AvgIpc) is 3.30. The summed E-state index contributed by atoms with van der Waals surface area (Å²) in [6, 6.07) is 1.95. The number of ether oxygens (including phenoxy) is 3. The van der Waals surface area contributed by atoms with Gasteiger partial charge < -0.3 is 30.7 Å². The van der Waals surface area contributed by atoms with Gasteiger partial charge in [0.25, 0.3) is 0 Å². The molecule has 1 fully saturated rings. The van der Waals surface area contributed by atoms with Crippen molar-refractivity contribution in [3.8, 4) is 11.5 Å². The van der Waals surface area contributed by atoms with E-state index in [1.807, 2.05) is 0 Å². The highest BCUT2D eigenvalue weighted by molar-refractivity contribution is 6.40. The summed E-state index contributed by atoms with van der Waals surface area (Å²) >= 11 is 0. The molecule has 1 aromatic rings. The Kier molecular flexibility index (Phi) is 13.4. The third-order valence-corrected chi connectivity index (χ3v) is 6.25. The highest BCUT2D eigenvalue weighted by Gasteiger charge is 2.36. The molecule has 12 nitrogen and oxygen atoms in total. The van der Waals surface area contributed by atoms with E-state index in [2.05, 4.69) is 26.0 Å². The summed E-state index contributed by atoms with van der Waals surface area (Å²) in [5.41, 5.74) is 0.102. The second-order valence-electron chi connectivity index (χ2n) is 11.3. The van der Waals surface area contributed by atoms with Crippen LogP contribution in [0.1, 0.15) is 60.8 Å². The van der Waals surface area contributed by atoms with E-state index in [1.165, 1.54) is 0 Å². The van der Waals surface area contributed by atoms with Gasteiger partial charge in [-0.2, -0.15) is 0 Å². The summed E-state index contributed by atoms with van der Waals surface area (Å²) in [5, 5.41) is 9.75. The van der Waals surface area contributed by atoms with Gasteiger partial charge in [0.1, 0.15) is 29.8 Å². The lowest BCUT2D eigenvalue weighted by Crippen LogP contribution is -2.54. The zero-order chi connectivity index (χ0) is 33.2. The molecule has 0 unspecified atom stereocenters. The van der Waals surface area contributed by atoms with Crippen molar-refractivity contribution in [3.05, 3.63) is 18.2 Å². The first-order valence-electron chi connectivity index (χ1n) is 14.4. The molecule has 0 bridgehead atoms. The number of hydrogen-bond acceptors (Lipinski definition) is 8. The van der Waals surface area contributed by atoms with E-state index >= 15 is 0 Å². The minimum absolute atomic E-state index is 0.0173. The fraction of sp³-hybridized carbons (Fsp3) is 0.621. The summed E-state index contributed by atoms with van der Waals surface area (Å²) in [6.07, 6.45) is -5.58. The first kappa shape index (κ1) is 36.3. The predicted molar refractivity (Wildman–Crippen MR) is 153 cm³/mol. The number of rotatable bonds is 15. The second kappa shape index (κ2) is 16.3. The first-order chi connectivity index (χ1) is 20.5. The van der Waals surface area contributed by atoms with Crippen molar-refractivity contribution < 1.29 is 51.4 Å². The van der Waals surface area contributed by atoms with E-state index in [9.17, 15) is 37.1 Å². The summed E-state index contributed by atoms with van der Waals surface area (Å²) in [6.45, 7) is 9.50. The number of alkyl halides is 3. The molecule has 1 saturated heterocycles. The Morgan fingerprint density at radius 2 is 1.52 bits per heavy atom. The quantitative estimate of drug-likeness (QED) is 0.215. The van der Waals surface area contributed by atoms with Crippen LogP contribution in [0.25, 0.3) is 0 Å². The molecule has 1 aromatic carbocycles. The molecule has 15 heteroatoms.